The number of likely N-dealkylation sites (tertiary alicyclic amines) is 1. The van der Waals surface area contributed by atoms with Crippen LogP contribution in [-0.2, 0) is 16.0 Å². The van der Waals surface area contributed by atoms with Gasteiger partial charge in [-0.2, -0.15) is 0 Å². The van der Waals surface area contributed by atoms with Gasteiger partial charge in [0.05, 0.1) is 11.3 Å². The molecule has 0 bridgehead atoms. The van der Waals surface area contributed by atoms with E-state index in [2.05, 4.69) is 4.98 Å². The number of carbonyl (C=O) groups is 2. The molecular weight excluding hydrogens is 398 g/mol. The smallest absolute Gasteiger partial charge is 0.229 e. The highest BCUT2D eigenvalue weighted by Gasteiger charge is 2.43. The molecule has 2 heterocycles. The van der Waals surface area contributed by atoms with E-state index >= 15 is 0 Å². The van der Waals surface area contributed by atoms with Crippen molar-refractivity contribution in [2.24, 2.45) is 11.1 Å². The molecule has 0 radical (unpaired) electrons. The predicted octanol–water partition coefficient (Wildman–Crippen LogP) is 4.19. The summed E-state index contributed by atoms with van der Waals surface area (Å²) in [4.78, 5) is 32.2. The maximum Gasteiger partial charge on any atom is 0.229 e. The van der Waals surface area contributed by atoms with Crippen molar-refractivity contribution in [1.29, 1.82) is 0 Å². The van der Waals surface area contributed by atoms with Crippen molar-refractivity contribution in [3.8, 4) is 11.1 Å². The molecule has 5 heteroatoms. The van der Waals surface area contributed by atoms with Gasteiger partial charge in [-0.05, 0) is 48.9 Å². The fourth-order valence-electron chi connectivity index (χ4n) is 4.75. The van der Waals surface area contributed by atoms with Crippen molar-refractivity contribution in [2.75, 3.05) is 13.1 Å². The first-order valence-corrected chi connectivity index (χ1v) is 11.1. The third-order valence-corrected chi connectivity index (χ3v) is 6.60. The van der Waals surface area contributed by atoms with Crippen molar-refractivity contribution in [2.45, 2.75) is 32.1 Å². The first kappa shape index (κ1) is 21.8. The monoisotopic (exact) mass is 427 g/mol. The summed E-state index contributed by atoms with van der Waals surface area (Å²) in [6, 6.07) is 21.7. The van der Waals surface area contributed by atoms with E-state index in [0.717, 1.165) is 28.7 Å². The van der Waals surface area contributed by atoms with E-state index in [-0.39, 0.29) is 17.7 Å². The molecule has 2 aromatic carbocycles. The van der Waals surface area contributed by atoms with Crippen molar-refractivity contribution in [1.82, 2.24) is 9.88 Å². The van der Waals surface area contributed by atoms with Crippen LogP contribution < -0.4 is 5.73 Å². The highest BCUT2D eigenvalue weighted by molar-refractivity contribution is 5.86. The lowest BCUT2D eigenvalue weighted by atomic mass is 9.73. The molecular formula is C27H29N3O2. The summed E-state index contributed by atoms with van der Waals surface area (Å²) in [5.74, 6) is -0.562. The number of hydrogen-bond donors (Lipinski definition) is 1. The zero-order valence-corrected chi connectivity index (χ0v) is 18.4. The van der Waals surface area contributed by atoms with Crippen molar-refractivity contribution < 1.29 is 9.59 Å². The lowest BCUT2D eigenvalue weighted by Crippen LogP contribution is -2.54. The lowest BCUT2D eigenvalue weighted by molar-refractivity contribution is -0.140. The van der Waals surface area contributed by atoms with Gasteiger partial charge in [-0.25, -0.2) is 0 Å². The number of nitrogens with two attached hydrogens (primary N) is 1. The highest BCUT2D eigenvalue weighted by atomic mass is 16.2. The fourth-order valence-corrected chi connectivity index (χ4v) is 4.75. The number of carbonyl (C=O) groups excluding carboxylic acids is 2. The summed E-state index contributed by atoms with van der Waals surface area (Å²) in [6.07, 6.45) is 5.50. The summed E-state index contributed by atoms with van der Waals surface area (Å²) in [5, 5.41) is 0. The molecule has 0 unspecified atom stereocenters. The van der Waals surface area contributed by atoms with Crippen LogP contribution in [0.5, 0.6) is 0 Å². The number of hydrogen-bond acceptors (Lipinski definition) is 3. The van der Waals surface area contributed by atoms with Crippen LogP contribution in [0.3, 0.4) is 0 Å². The van der Waals surface area contributed by atoms with Gasteiger partial charge in [-0.1, -0.05) is 60.7 Å². The summed E-state index contributed by atoms with van der Waals surface area (Å²) >= 11 is 0. The Kier molecular flexibility index (Phi) is 6.35. The van der Waals surface area contributed by atoms with Gasteiger partial charge in [-0.15, -0.1) is 0 Å². The van der Waals surface area contributed by atoms with E-state index in [0.29, 0.717) is 25.9 Å². The van der Waals surface area contributed by atoms with Crippen molar-refractivity contribution >= 4 is 11.8 Å². The largest absolute Gasteiger partial charge is 0.369 e. The zero-order chi connectivity index (χ0) is 22.6. The molecule has 164 valence electrons. The van der Waals surface area contributed by atoms with Gasteiger partial charge >= 0.3 is 0 Å². The van der Waals surface area contributed by atoms with E-state index in [9.17, 15) is 9.59 Å². The molecule has 3 aromatic rings. The number of nitrogens with zero attached hydrogens (tertiary/aromatic N) is 2. The van der Waals surface area contributed by atoms with Crippen LogP contribution in [0.15, 0.2) is 79.1 Å². The third kappa shape index (κ3) is 4.42. The summed E-state index contributed by atoms with van der Waals surface area (Å²) < 4.78 is 0. The quantitative estimate of drug-likeness (QED) is 0.641. The molecule has 32 heavy (non-hydrogen) atoms. The van der Waals surface area contributed by atoms with Gasteiger partial charge in [0, 0.05) is 31.0 Å². The van der Waals surface area contributed by atoms with Gasteiger partial charge in [0.25, 0.3) is 0 Å². The minimum absolute atomic E-state index is 0.0436. The van der Waals surface area contributed by atoms with Crippen LogP contribution in [0.1, 0.15) is 36.8 Å². The van der Waals surface area contributed by atoms with E-state index in [1.165, 1.54) is 0 Å². The maximum absolute atomic E-state index is 13.3. The number of primary amides is 1. The maximum atomic E-state index is 13.3. The Balaban J connectivity index is 1.61. The molecule has 1 aromatic heterocycles. The molecule has 5 nitrogen and oxygen atoms in total. The average molecular weight is 428 g/mol. The van der Waals surface area contributed by atoms with Crippen LogP contribution in [0.2, 0.25) is 0 Å². The second-order valence-electron chi connectivity index (χ2n) is 8.72. The number of amides is 2. The predicted molar refractivity (Wildman–Crippen MR) is 126 cm³/mol. The molecule has 2 amide bonds. The van der Waals surface area contributed by atoms with E-state index < -0.39 is 5.41 Å². The Bertz CT molecular complexity index is 1080. The average Bonchev–Trinajstić information content (AvgIpc) is 2.84. The first-order valence-electron chi connectivity index (χ1n) is 11.1. The van der Waals surface area contributed by atoms with Crippen LogP contribution >= 0.6 is 0 Å². The molecule has 1 saturated heterocycles. The van der Waals surface area contributed by atoms with Gasteiger partial charge in [0.2, 0.25) is 11.8 Å². The van der Waals surface area contributed by atoms with E-state index in [1.54, 1.807) is 6.20 Å². The van der Waals surface area contributed by atoms with E-state index in [1.807, 2.05) is 84.8 Å². The van der Waals surface area contributed by atoms with Gasteiger partial charge in [0.1, 0.15) is 0 Å². The van der Waals surface area contributed by atoms with Gasteiger partial charge in [-0.3, -0.25) is 14.6 Å². The Morgan fingerprint density at radius 2 is 1.81 bits per heavy atom. The number of aromatic nitrogens is 1. The van der Waals surface area contributed by atoms with Crippen LogP contribution in [0.25, 0.3) is 11.1 Å². The third-order valence-electron chi connectivity index (χ3n) is 6.60. The molecule has 0 saturated carbocycles. The number of piperidine rings is 1. The Morgan fingerprint density at radius 3 is 2.53 bits per heavy atom. The Morgan fingerprint density at radius 1 is 1.06 bits per heavy atom. The second-order valence-corrected chi connectivity index (χ2v) is 8.72. The molecule has 2 N–H and O–H groups in total. The van der Waals surface area contributed by atoms with Crippen LogP contribution in [-0.4, -0.2) is 34.8 Å². The molecule has 1 fully saturated rings. The molecule has 0 aliphatic carbocycles. The number of pyridine rings is 1. The Hall–Kier alpha value is -3.47. The van der Waals surface area contributed by atoms with Crippen LogP contribution in [0.4, 0.5) is 0 Å². The minimum Gasteiger partial charge on any atom is -0.369 e. The van der Waals surface area contributed by atoms with Gasteiger partial charge < -0.3 is 10.6 Å². The number of rotatable bonds is 6. The highest BCUT2D eigenvalue weighted by Crippen LogP contribution is 2.37. The minimum atomic E-state index is -0.789. The van der Waals surface area contributed by atoms with E-state index in [4.69, 9.17) is 5.73 Å². The summed E-state index contributed by atoms with van der Waals surface area (Å²) in [5.41, 5.74) is 9.28. The zero-order valence-electron chi connectivity index (χ0n) is 18.4. The van der Waals surface area contributed by atoms with Crippen molar-refractivity contribution in [3.05, 3.63) is 90.3 Å². The van der Waals surface area contributed by atoms with Crippen LogP contribution in [0, 0.1) is 5.41 Å². The molecule has 1 aliphatic rings. The molecule has 2 atom stereocenters. The molecule has 0 spiro atoms. The lowest BCUT2D eigenvalue weighted by Gasteiger charge is -2.42. The standard InChI is InChI=1S/C27H29N3O2/c1-20(21-9-3-2-4-10-21)25(31)30-16-8-14-27(19-30,26(28)32)17-22-11-5-6-13-24(22)23-12-7-15-29-18-23/h2-7,9-13,15,18,20H,8,14,16-17,19H2,1H3,(H2,28,32)/t20-,27-/m1/s1. The first-order chi connectivity index (χ1) is 15.5. The molecule has 4 rings (SSSR count). The second kappa shape index (κ2) is 9.35. The molecule has 1 aliphatic heterocycles. The fraction of sp³-hybridized carbons (Fsp3) is 0.296. The topological polar surface area (TPSA) is 76.3 Å². The normalized spacial score (nSPS) is 19.3. The van der Waals surface area contributed by atoms with Crippen molar-refractivity contribution in [3.63, 3.8) is 0 Å². The van der Waals surface area contributed by atoms with Gasteiger partial charge in [0.15, 0.2) is 0 Å². The SMILES string of the molecule is C[C@@H](C(=O)N1CCC[C@](Cc2ccccc2-c2cccnc2)(C(N)=O)C1)c1ccccc1. The summed E-state index contributed by atoms with van der Waals surface area (Å²) in [6.45, 7) is 2.92. The Labute approximate surface area is 189 Å². The summed E-state index contributed by atoms with van der Waals surface area (Å²) in [7, 11) is 0. The number of benzene rings is 2.